The fourth-order valence-electron chi connectivity index (χ4n) is 3.32. The first-order valence-electron chi connectivity index (χ1n) is 8.51. The minimum atomic E-state index is -0.00617. The highest BCUT2D eigenvalue weighted by atomic mass is 35.5. The molecule has 1 aromatic carbocycles. The lowest BCUT2D eigenvalue weighted by atomic mass is 10.0. The van der Waals surface area contributed by atoms with Gasteiger partial charge in [-0.15, -0.1) is 12.4 Å². The number of rotatable bonds is 3. The number of piperidine rings is 1. The molecule has 1 aromatic rings. The first-order chi connectivity index (χ1) is 11.0. The maximum absolute atomic E-state index is 12.4. The van der Waals surface area contributed by atoms with E-state index in [-0.39, 0.29) is 36.2 Å². The van der Waals surface area contributed by atoms with Crippen molar-refractivity contribution in [2.45, 2.75) is 39.2 Å². The summed E-state index contributed by atoms with van der Waals surface area (Å²) in [5.41, 5.74) is 3.09. The van der Waals surface area contributed by atoms with Gasteiger partial charge < -0.3 is 15.5 Å². The van der Waals surface area contributed by atoms with Crippen LogP contribution in [-0.2, 0) is 11.2 Å². The molecule has 1 fully saturated rings. The number of fused-ring (bicyclic) bond motifs is 1. The Hall–Kier alpha value is -1.75. The van der Waals surface area contributed by atoms with E-state index in [2.05, 4.69) is 10.6 Å². The lowest BCUT2D eigenvalue weighted by Gasteiger charge is -2.33. The molecule has 2 heterocycles. The van der Waals surface area contributed by atoms with Crippen molar-refractivity contribution in [2.75, 3.05) is 25.0 Å². The standard InChI is InChI=1S/C18H25N3O2.ClH/c1-12(2)18(23)21-9-6-15(7-10-21)20-17(22)14-3-4-16-13(11-14)5-8-19-16;/h3-4,11-12,15,19H,5-10H2,1-2H3,(H,20,22);1H. The highest BCUT2D eigenvalue weighted by molar-refractivity contribution is 5.95. The fraction of sp³-hybridized carbons (Fsp3) is 0.556. The van der Waals surface area contributed by atoms with E-state index in [1.165, 1.54) is 5.56 Å². The summed E-state index contributed by atoms with van der Waals surface area (Å²) in [5.74, 6) is 0.246. The van der Waals surface area contributed by atoms with E-state index in [1.54, 1.807) is 0 Å². The number of nitrogens with zero attached hydrogens (tertiary/aromatic N) is 1. The second-order valence-corrected chi connectivity index (χ2v) is 6.78. The Kier molecular flexibility index (Phi) is 6.10. The van der Waals surface area contributed by atoms with Gasteiger partial charge in [-0.3, -0.25) is 9.59 Å². The summed E-state index contributed by atoms with van der Waals surface area (Å²) in [6, 6.07) is 6.01. The van der Waals surface area contributed by atoms with Crippen molar-refractivity contribution in [3.8, 4) is 0 Å². The minimum absolute atomic E-state index is 0. The third kappa shape index (κ3) is 4.01. The Morgan fingerprint density at radius 3 is 2.62 bits per heavy atom. The Morgan fingerprint density at radius 1 is 1.25 bits per heavy atom. The van der Waals surface area contributed by atoms with Crippen LogP contribution in [0, 0.1) is 5.92 Å². The highest BCUT2D eigenvalue weighted by Gasteiger charge is 2.25. The fourth-order valence-corrected chi connectivity index (χ4v) is 3.32. The molecule has 132 valence electrons. The Labute approximate surface area is 149 Å². The van der Waals surface area contributed by atoms with Gasteiger partial charge in [0.2, 0.25) is 5.91 Å². The molecule has 24 heavy (non-hydrogen) atoms. The van der Waals surface area contributed by atoms with E-state index in [0.717, 1.165) is 50.1 Å². The number of hydrogen-bond donors (Lipinski definition) is 2. The normalized spacial score (nSPS) is 17.0. The van der Waals surface area contributed by atoms with Crippen molar-refractivity contribution in [3.63, 3.8) is 0 Å². The zero-order valence-corrected chi connectivity index (χ0v) is 15.1. The molecule has 0 aliphatic carbocycles. The molecule has 0 saturated carbocycles. The summed E-state index contributed by atoms with van der Waals surface area (Å²) < 4.78 is 0. The average Bonchev–Trinajstić information content (AvgIpc) is 3.02. The quantitative estimate of drug-likeness (QED) is 0.879. The van der Waals surface area contributed by atoms with Crippen molar-refractivity contribution in [1.29, 1.82) is 0 Å². The second-order valence-electron chi connectivity index (χ2n) is 6.78. The predicted octanol–water partition coefficient (Wildman–Crippen LogP) is 2.45. The van der Waals surface area contributed by atoms with Gasteiger partial charge >= 0.3 is 0 Å². The molecule has 2 N–H and O–H groups in total. The third-order valence-electron chi connectivity index (χ3n) is 4.71. The monoisotopic (exact) mass is 351 g/mol. The second kappa shape index (κ2) is 7.88. The number of likely N-dealkylation sites (tertiary alicyclic amines) is 1. The van der Waals surface area contributed by atoms with E-state index in [4.69, 9.17) is 0 Å². The van der Waals surface area contributed by atoms with E-state index in [9.17, 15) is 9.59 Å². The Bertz CT molecular complexity index is 610. The number of carbonyl (C=O) groups excluding carboxylic acids is 2. The lowest BCUT2D eigenvalue weighted by Crippen LogP contribution is -2.47. The number of hydrogen-bond acceptors (Lipinski definition) is 3. The lowest BCUT2D eigenvalue weighted by molar-refractivity contribution is -0.135. The summed E-state index contributed by atoms with van der Waals surface area (Å²) >= 11 is 0. The molecule has 6 heteroatoms. The molecule has 0 bridgehead atoms. The molecule has 5 nitrogen and oxygen atoms in total. The molecular formula is C18H26ClN3O2. The molecule has 2 amide bonds. The van der Waals surface area contributed by atoms with Gasteiger partial charge in [-0.05, 0) is 43.0 Å². The molecule has 0 atom stereocenters. The number of nitrogens with one attached hydrogen (secondary N) is 2. The zero-order valence-electron chi connectivity index (χ0n) is 14.3. The summed E-state index contributed by atoms with van der Waals surface area (Å²) in [6.07, 6.45) is 2.64. The van der Waals surface area contributed by atoms with Crippen LogP contribution in [0.15, 0.2) is 18.2 Å². The van der Waals surface area contributed by atoms with Gasteiger partial charge in [0.25, 0.3) is 5.91 Å². The van der Waals surface area contributed by atoms with Gasteiger partial charge in [-0.1, -0.05) is 13.8 Å². The van der Waals surface area contributed by atoms with Crippen LogP contribution in [0.2, 0.25) is 0 Å². The van der Waals surface area contributed by atoms with Crippen LogP contribution >= 0.6 is 12.4 Å². The number of amides is 2. The predicted molar refractivity (Wildman–Crippen MR) is 97.8 cm³/mol. The summed E-state index contributed by atoms with van der Waals surface area (Å²) in [7, 11) is 0. The highest BCUT2D eigenvalue weighted by Crippen LogP contribution is 2.23. The molecule has 0 radical (unpaired) electrons. The van der Waals surface area contributed by atoms with Gasteiger partial charge in [0.05, 0.1) is 0 Å². The van der Waals surface area contributed by atoms with Crippen molar-refractivity contribution in [2.24, 2.45) is 5.92 Å². The van der Waals surface area contributed by atoms with Gasteiger partial charge in [0.1, 0.15) is 0 Å². The maximum atomic E-state index is 12.4. The SMILES string of the molecule is CC(C)C(=O)N1CCC(NC(=O)c2ccc3c(c2)CCN3)CC1.Cl. The molecule has 2 aliphatic heterocycles. The molecule has 0 aromatic heterocycles. The number of anilines is 1. The molecule has 0 unspecified atom stereocenters. The van der Waals surface area contributed by atoms with Crippen molar-refractivity contribution >= 4 is 29.9 Å². The van der Waals surface area contributed by atoms with E-state index < -0.39 is 0 Å². The van der Waals surface area contributed by atoms with Crippen LogP contribution in [0.4, 0.5) is 5.69 Å². The van der Waals surface area contributed by atoms with Crippen molar-refractivity contribution in [3.05, 3.63) is 29.3 Å². The van der Waals surface area contributed by atoms with E-state index >= 15 is 0 Å². The molecule has 1 saturated heterocycles. The van der Waals surface area contributed by atoms with E-state index in [1.807, 2.05) is 36.9 Å². The molecular weight excluding hydrogens is 326 g/mol. The summed E-state index contributed by atoms with van der Waals surface area (Å²) in [4.78, 5) is 26.3. The van der Waals surface area contributed by atoms with E-state index in [0.29, 0.717) is 0 Å². The number of carbonyl (C=O) groups is 2. The van der Waals surface area contributed by atoms with Crippen LogP contribution < -0.4 is 10.6 Å². The van der Waals surface area contributed by atoms with Gasteiger partial charge in [0, 0.05) is 42.8 Å². The van der Waals surface area contributed by atoms with Crippen molar-refractivity contribution in [1.82, 2.24) is 10.2 Å². The van der Waals surface area contributed by atoms with Crippen molar-refractivity contribution < 1.29 is 9.59 Å². The first-order valence-corrected chi connectivity index (χ1v) is 8.51. The van der Waals surface area contributed by atoms with Gasteiger partial charge in [0.15, 0.2) is 0 Å². The summed E-state index contributed by atoms with van der Waals surface area (Å²) in [5, 5.41) is 6.42. The summed E-state index contributed by atoms with van der Waals surface area (Å²) in [6.45, 7) is 6.27. The molecule has 0 spiro atoms. The molecule has 3 rings (SSSR count). The van der Waals surface area contributed by atoms with Crippen LogP contribution in [0.25, 0.3) is 0 Å². The van der Waals surface area contributed by atoms with Gasteiger partial charge in [-0.2, -0.15) is 0 Å². The third-order valence-corrected chi connectivity index (χ3v) is 4.71. The van der Waals surface area contributed by atoms with Crippen LogP contribution in [0.3, 0.4) is 0 Å². The number of halogens is 1. The minimum Gasteiger partial charge on any atom is -0.384 e. The maximum Gasteiger partial charge on any atom is 0.251 e. The van der Waals surface area contributed by atoms with Crippen LogP contribution in [-0.4, -0.2) is 42.4 Å². The Morgan fingerprint density at radius 2 is 1.96 bits per heavy atom. The number of benzene rings is 1. The molecule has 2 aliphatic rings. The largest absolute Gasteiger partial charge is 0.384 e. The van der Waals surface area contributed by atoms with Crippen LogP contribution in [0.5, 0.6) is 0 Å². The van der Waals surface area contributed by atoms with Crippen LogP contribution in [0.1, 0.15) is 42.6 Å². The topological polar surface area (TPSA) is 61.4 Å². The van der Waals surface area contributed by atoms with Gasteiger partial charge in [-0.25, -0.2) is 0 Å². The smallest absolute Gasteiger partial charge is 0.251 e. The first kappa shape index (κ1) is 18.6. The Balaban J connectivity index is 0.00000208. The zero-order chi connectivity index (χ0) is 16.4. The average molecular weight is 352 g/mol.